The molecule has 3 aromatic rings. The van der Waals surface area contributed by atoms with E-state index in [-0.39, 0.29) is 6.61 Å². The third kappa shape index (κ3) is 5.41. The van der Waals surface area contributed by atoms with E-state index < -0.39 is 0 Å². The van der Waals surface area contributed by atoms with Gasteiger partial charge < -0.3 is 9.84 Å². The molecule has 25 heavy (non-hydrogen) atoms. The van der Waals surface area contributed by atoms with Crippen LogP contribution in [0.1, 0.15) is 11.1 Å². The van der Waals surface area contributed by atoms with Crippen molar-refractivity contribution in [1.82, 2.24) is 9.88 Å². The van der Waals surface area contributed by atoms with Gasteiger partial charge in [-0.05, 0) is 41.5 Å². The van der Waals surface area contributed by atoms with Crippen LogP contribution < -0.4 is 4.74 Å². The maximum Gasteiger partial charge on any atom is 0.127 e. The number of ether oxygens (including phenoxy) is 1. The summed E-state index contributed by atoms with van der Waals surface area (Å²) < 4.78 is 5.90. The zero-order chi connectivity index (χ0) is 17.3. The summed E-state index contributed by atoms with van der Waals surface area (Å²) in [4.78, 5) is 6.35. The van der Waals surface area contributed by atoms with Gasteiger partial charge >= 0.3 is 0 Å². The molecule has 3 rings (SSSR count). The maximum atomic E-state index is 9.36. The minimum atomic E-state index is 0.125. The number of nitrogens with zero attached hydrogens (tertiary/aromatic N) is 2. The van der Waals surface area contributed by atoms with Gasteiger partial charge in [0.2, 0.25) is 0 Å². The summed E-state index contributed by atoms with van der Waals surface area (Å²) in [6, 6.07) is 21.8. The van der Waals surface area contributed by atoms with E-state index in [0.29, 0.717) is 6.54 Å². The molecule has 0 amide bonds. The van der Waals surface area contributed by atoms with Crippen LogP contribution >= 0.6 is 0 Å². The number of benzene rings is 2. The molecule has 0 spiro atoms. The Hall–Kier alpha value is -2.69. The average Bonchev–Trinajstić information content (AvgIpc) is 2.64. The monoisotopic (exact) mass is 334 g/mol. The van der Waals surface area contributed by atoms with Gasteiger partial charge in [-0.25, -0.2) is 0 Å². The predicted octanol–water partition coefficient (Wildman–Crippen LogP) is 3.87. The van der Waals surface area contributed by atoms with Gasteiger partial charge in [0, 0.05) is 32.0 Å². The summed E-state index contributed by atoms with van der Waals surface area (Å²) in [5.41, 5.74) is 2.28. The Kier molecular flexibility index (Phi) is 6.15. The molecule has 0 atom stereocenters. The first-order valence-electron chi connectivity index (χ1n) is 8.37. The van der Waals surface area contributed by atoms with Gasteiger partial charge in [-0.3, -0.25) is 9.88 Å². The topological polar surface area (TPSA) is 45.6 Å². The van der Waals surface area contributed by atoms with Crippen LogP contribution in [0, 0.1) is 0 Å². The predicted molar refractivity (Wildman–Crippen MR) is 98.4 cm³/mol. The first-order chi connectivity index (χ1) is 12.3. The maximum absolute atomic E-state index is 9.36. The fourth-order valence-corrected chi connectivity index (χ4v) is 2.70. The quantitative estimate of drug-likeness (QED) is 0.679. The lowest BCUT2D eigenvalue weighted by Gasteiger charge is -2.21. The van der Waals surface area contributed by atoms with Crippen molar-refractivity contribution in [3.8, 4) is 11.5 Å². The zero-order valence-corrected chi connectivity index (χ0v) is 14.1. The third-order valence-electron chi connectivity index (χ3n) is 3.83. The van der Waals surface area contributed by atoms with E-state index in [1.165, 1.54) is 0 Å². The summed E-state index contributed by atoms with van der Waals surface area (Å²) in [6.07, 6.45) is 3.63. The minimum Gasteiger partial charge on any atom is -0.457 e. The Morgan fingerprint density at radius 1 is 0.840 bits per heavy atom. The Bertz CT molecular complexity index is 763. The molecule has 0 saturated heterocycles. The Labute approximate surface area is 148 Å². The molecule has 0 saturated carbocycles. The zero-order valence-electron chi connectivity index (χ0n) is 14.1. The molecule has 1 N–H and O–H groups in total. The van der Waals surface area contributed by atoms with Crippen molar-refractivity contribution in [3.05, 3.63) is 90.3 Å². The Morgan fingerprint density at radius 2 is 1.60 bits per heavy atom. The van der Waals surface area contributed by atoms with E-state index in [1.807, 2.05) is 66.9 Å². The largest absolute Gasteiger partial charge is 0.457 e. The number of aromatic nitrogens is 1. The second-order valence-corrected chi connectivity index (χ2v) is 5.86. The van der Waals surface area contributed by atoms with Crippen LogP contribution in [-0.2, 0) is 13.1 Å². The van der Waals surface area contributed by atoms with Crippen molar-refractivity contribution >= 4 is 0 Å². The highest BCUT2D eigenvalue weighted by Crippen LogP contribution is 2.22. The highest BCUT2D eigenvalue weighted by atomic mass is 16.5. The van der Waals surface area contributed by atoms with Crippen molar-refractivity contribution < 1.29 is 9.84 Å². The molecule has 4 heteroatoms. The fourth-order valence-electron chi connectivity index (χ4n) is 2.70. The van der Waals surface area contributed by atoms with E-state index in [9.17, 15) is 5.11 Å². The normalized spacial score (nSPS) is 10.8. The molecular weight excluding hydrogens is 312 g/mol. The lowest BCUT2D eigenvalue weighted by molar-refractivity contribution is 0.184. The summed E-state index contributed by atoms with van der Waals surface area (Å²) in [6.45, 7) is 2.22. The smallest absolute Gasteiger partial charge is 0.127 e. The van der Waals surface area contributed by atoms with Gasteiger partial charge in [-0.2, -0.15) is 0 Å². The summed E-state index contributed by atoms with van der Waals surface area (Å²) >= 11 is 0. The molecule has 1 aromatic heterocycles. The molecule has 128 valence electrons. The molecular formula is C21H22N2O2. The lowest BCUT2D eigenvalue weighted by Crippen LogP contribution is -2.26. The second kappa shape index (κ2) is 8.97. The number of para-hydroxylation sites is 1. The minimum absolute atomic E-state index is 0.125. The number of hydrogen-bond acceptors (Lipinski definition) is 4. The van der Waals surface area contributed by atoms with Crippen LogP contribution in [0.15, 0.2) is 79.1 Å². The summed E-state index contributed by atoms with van der Waals surface area (Å²) in [7, 11) is 0. The number of pyridine rings is 1. The van der Waals surface area contributed by atoms with E-state index in [0.717, 1.165) is 35.7 Å². The van der Waals surface area contributed by atoms with E-state index in [2.05, 4.69) is 16.0 Å². The number of aliphatic hydroxyl groups is 1. The van der Waals surface area contributed by atoms with Crippen molar-refractivity contribution in [2.24, 2.45) is 0 Å². The van der Waals surface area contributed by atoms with Gasteiger partial charge in [-0.1, -0.05) is 36.4 Å². The molecule has 0 bridgehead atoms. The van der Waals surface area contributed by atoms with Crippen molar-refractivity contribution in [2.75, 3.05) is 13.2 Å². The number of hydrogen-bond donors (Lipinski definition) is 1. The first kappa shape index (κ1) is 17.1. The van der Waals surface area contributed by atoms with E-state index >= 15 is 0 Å². The van der Waals surface area contributed by atoms with Crippen molar-refractivity contribution in [2.45, 2.75) is 13.1 Å². The Morgan fingerprint density at radius 3 is 2.36 bits per heavy atom. The van der Waals surface area contributed by atoms with Gasteiger partial charge in [0.25, 0.3) is 0 Å². The van der Waals surface area contributed by atoms with Crippen LogP contribution in [-0.4, -0.2) is 28.1 Å². The lowest BCUT2D eigenvalue weighted by atomic mass is 10.2. The van der Waals surface area contributed by atoms with Crippen LogP contribution in [0.3, 0.4) is 0 Å². The fraction of sp³-hybridized carbons (Fsp3) is 0.190. The van der Waals surface area contributed by atoms with Gasteiger partial charge in [0.15, 0.2) is 0 Å². The second-order valence-electron chi connectivity index (χ2n) is 5.86. The molecule has 2 aromatic carbocycles. The highest BCUT2D eigenvalue weighted by molar-refractivity contribution is 5.33. The summed E-state index contributed by atoms with van der Waals surface area (Å²) in [5, 5.41) is 9.36. The molecule has 0 aliphatic carbocycles. The molecule has 4 nitrogen and oxygen atoms in total. The third-order valence-corrected chi connectivity index (χ3v) is 3.83. The molecule has 0 unspecified atom stereocenters. The van der Waals surface area contributed by atoms with Crippen LogP contribution in [0.25, 0.3) is 0 Å². The molecule has 0 aliphatic rings. The van der Waals surface area contributed by atoms with Crippen LogP contribution in [0.2, 0.25) is 0 Å². The average molecular weight is 334 g/mol. The van der Waals surface area contributed by atoms with Gasteiger partial charge in [0.05, 0.1) is 6.61 Å². The van der Waals surface area contributed by atoms with E-state index in [4.69, 9.17) is 4.74 Å². The molecule has 0 fully saturated rings. The van der Waals surface area contributed by atoms with Crippen LogP contribution in [0.4, 0.5) is 0 Å². The molecule has 0 aliphatic heterocycles. The highest BCUT2D eigenvalue weighted by Gasteiger charge is 2.08. The van der Waals surface area contributed by atoms with E-state index in [1.54, 1.807) is 6.20 Å². The molecule has 0 radical (unpaired) electrons. The SMILES string of the molecule is OCCN(Cc1cccnc1)Cc1cccc(Oc2ccccc2)c1. The van der Waals surface area contributed by atoms with Gasteiger partial charge in [-0.15, -0.1) is 0 Å². The number of aliphatic hydroxyl groups excluding tert-OH is 1. The van der Waals surface area contributed by atoms with Crippen molar-refractivity contribution in [1.29, 1.82) is 0 Å². The number of rotatable bonds is 8. The molecule has 1 heterocycles. The summed E-state index contributed by atoms with van der Waals surface area (Å²) in [5.74, 6) is 1.64. The standard InChI is InChI=1S/C21H22N2O2/c24-13-12-23(17-19-7-5-11-22-15-19)16-18-6-4-10-21(14-18)25-20-8-2-1-3-9-20/h1-11,14-15,24H,12-13,16-17H2. The van der Waals surface area contributed by atoms with Crippen molar-refractivity contribution in [3.63, 3.8) is 0 Å². The Balaban J connectivity index is 1.68. The van der Waals surface area contributed by atoms with Gasteiger partial charge in [0.1, 0.15) is 11.5 Å². The first-order valence-corrected chi connectivity index (χ1v) is 8.37. The van der Waals surface area contributed by atoms with Crippen LogP contribution in [0.5, 0.6) is 11.5 Å².